The van der Waals surface area contributed by atoms with Crippen LogP contribution >= 0.6 is 0 Å². The predicted molar refractivity (Wildman–Crippen MR) is 124 cm³/mol. The molecule has 1 N–H and O–H groups in total. The van der Waals surface area contributed by atoms with E-state index >= 15 is 0 Å². The minimum Gasteiger partial charge on any atom is -0.357 e. The number of nitrogens with one attached hydrogen (secondary N) is 1. The highest BCUT2D eigenvalue weighted by Crippen LogP contribution is 2.61. The molecule has 1 saturated carbocycles. The molecule has 2 aliphatic heterocycles. The van der Waals surface area contributed by atoms with E-state index in [1.807, 2.05) is 4.90 Å². The summed E-state index contributed by atoms with van der Waals surface area (Å²) in [6.07, 6.45) is 3.55. The number of benzene rings is 1. The smallest absolute Gasteiger partial charge is 0.239 e. The van der Waals surface area contributed by atoms with Gasteiger partial charge in [0, 0.05) is 52.4 Å². The lowest BCUT2D eigenvalue weighted by atomic mass is 10.0. The summed E-state index contributed by atoms with van der Waals surface area (Å²) in [5.74, 6) is 3.62. The number of piperazine rings is 1. The maximum Gasteiger partial charge on any atom is 0.239 e. The second kappa shape index (κ2) is 8.81. The third kappa shape index (κ3) is 4.07. The Morgan fingerprint density at radius 2 is 1.84 bits per heavy atom. The molecule has 31 heavy (non-hydrogen) atoms. The Labute approximate surface area is 186 Å². The second-order valence-corrected chi connectivity index (χ2v) is 9.68. The first-order chi connectivity index (χ1) is 15.2. The van der Waals surface area contributed by atoms with E-state index in [0.717, 1.165) is 83.0 Å². The molecule has 168 valence electrons. The lowest BCUT2D eigenvalue weighted by Gasteiger charge is -2.39. The number of nitrogens with zero attached hydrogens (tertiary/aromatic N) is 4. The van der Waals surface area contributed by atoms with Crippen LogP contribution in [-0.2, 0) is 11.2 Å². The molecule has 0 spiro atoms. The van der Waals surface area contributed by atoms with Crippen LogP contribution in [0.15, 0.2) is 29.3 Å². The number of aliphatic imine (C=N–C) groups is 1. The molecular weight excluding hydrogens is 386 g/mol. The van der Waals surface area contributed by atoms with Crippen molar-refractivity contribution >= 4 is 11.9 Å². The fraction of sp³-hybridized carbons (Fsp3) is 0.680. The molecule has 2 saturated heterocycles. The number of guanidine groups is 1. The van der Waals surface area contributed by atoms with Gasteiger partial charge >= 0.3 is 0 Å². The van der Waals surface area contributed by atoms with E-state index in [0.29, 0.717) is 11.8 Å². The minimum absolute atomic E-state index is 0.00863. The van der Waals surface area contributed by atoms with Crippen LogP contribution in [0.4, 0.5) is 0 Å². The zero-order chi connectivity index (χ0) is 21.4. The van der Waals surface area contributed by atoms with E-state index in [1.165, 1.54) is 6.42 Å². The Kier molecular flexibility index (Phi) is 5.91. The zero-order valence-electron chi connectivity index (χ0n) is 19.1. The molecule has 6 heteroatoms. The van der Waals surface area contributed by atoms with Crippen molar-refractivity contribution in [1.82, 2.24) is 20.0 Å². The number of rotatable bonds is 5. The fourth-order valence-corrected chi connectivity index (χ4v) is 6.03. The lowest BCUT2D eigenvalue weighted by Crippen LogP contribution is -2.57. The van der Waals surface area contributed by atoms with Gasteiger partial charge < -0.3 is 15.1 Å². The highest BCUT2D eigenvalue weighted by atomic mass is 16.2. The van der Waals surface area contributed by atoms with Crippen LogP contribution in [0.3, 0.4) is 0 Å². The average Bonchev–Trinajstić information content (AvgIpc) is 3.16. The van der Waals surface area contributed by atoms with E-state index in [9.17, 15) is 4.79 Å². The van der Waals surface area contributed by atoms with Gasteiger partial charge in [-0.3, -0.25) is 14.7 Å². The van der Waals surface area contributed by atoms with E-state index in [4.69, 9.17) is 4.99 Å². The Balaban J connectivity index is 1.15. The van der Waals surface area contributed by atoms with Crippen molar-refractivity contribution in [2.45, 2.75) is 45.1 Å². The van der Waals surface area contributed by atoms with Crippen LogP contribution in [0.25, 0.3) is 0 Å². The Morgan fingerprint density at radius 3 is 2.58 bits per heavy atom. The number of carbonyl (C=O) groups is 1. The SMILES string of the molecule is CCNC(=NCC1C2Cc3ccccc3C12)N1CCN(C(C)C(=O)N2CCCC2)CC1. The number of likely N-dealkylation sites (tertiary alicyclic amines) is 1. The van der Waals surface area contributed by atoms with Crippen molar-refractivity contribution in [3.05, 3.63) is 35.4 Å². The third-order valence-electron chi connectivity index (χ3n) is 7.92. The number of hydrogen-bond acceptors (Lipinski definition) is 3. The van der Waals surface area contributed by atoms with Crippen molar-refractivity contribution in [1.29, 1.82) is 0 Å². The summed E-state index contributed by atoms with van der Waals surface area (Å²) in [5, 5.41) is 3.51. The van der Waals surface area contributed by atoms with Crippen molar-refractivity contribution in [3.63, 3.8) is 0 Å². The molecule has 5 rings (SSSR count). The van der Waals surface area contributed by atoms with Gasteiger partial charge in [0.2, 0.25) is 5.91 Å². The molecule has 3 fully saturated rings. The largest absolute Gasteiger partial charge is 0.357 e. The first-order valence-electron chi connectivity index (χ1n) is 12.3. The second-order valence-electron chi connectivity index (χ2n) is 9.68. The summed E-state index contributed by atoms with van der Waals surface area (Å²) < 4.78 is 0. The van der Waals surface area contributed by atoms with Gasteiger partial charge in [0.05, 0.1) is 6.04 Å². The molecular formula is C25H37N5O. The van der Waals surface area contributed by atoms with Crippen LogP contribution in [0.1, 0.15) is 43.7 Å². The molecule has 0 radical (unpaired) electrons. The highest BCUT2D eigenvalue weighted by molar-refractivity contribution is 5.82. The van der Waals surface area contributed by atoms with Crippen LogP contribution in [0.5, 0.6) is 0 Å². The van der Waals surface area contributed by atoms with Gasteiger partial charge in [-0.15, -0.1) is 0 Å². The van der Waals surface area contributed by atoms with Gasteiger partial charge in [-0.25, -0.2) is 0 Å². The van der Waals surface area contributed by atoms with Gasteiger partial charge in [0.25, 0.3) is 0 Å². The monoisotopic (exact) mass is 423 g/mol. The van der Waals surface area contributed by atoms with Gasteiger partial charge in [-0.05, 0) is 62.0 Å². The van der Waals surface area contributed by atoms with Crippen LogP contribution in [-0.4, -0.2) is 85.0 Å². The molecule has 1 amide bonds. The Morgan fingerprint density at radius 1 is 1.10 bits per heavy atom. The third-order valence-corrected chi connectivity index (χ3v) is 7.92. The molecule has 2 aliphatic carbocycles. The quantitative estimate of drug-likeness (QED) is 0.583. The van der Waals surface area contributed by atoms with Crippen molar-refractivity contribution < 1.29 is 4.79 Å². The van der Waals surface area contributed by atoms with Crippen LogP contribution in [0, 0.1) is 11.8 Å². The summed E-state index contributed by atoms with van der Waals surface area (Å²) in [7, 11) is 0. The Bertz CT molecular complexity index is 825. The molecule has 4 aliphatic rings. The van der Waals surface area contributed by atoms with Crippen LogP contribution in [0.2, 0.25) is 0 Å². The summed E-state index contributed by atoms with van der Waals surface area (Å²) in [6, 6.07) is 8.95. The normalized spacial score (nSPS) is 29.0. The van der Waals surface area contributed by atoms with Gasteiger partial charge in [-0.1, -0.05) is 24.3 Å². The number of carbonyl (C=O) groups excluding carboxylic acids is 1. The van der Waals surface area contributed by atoms with E-state index < -0.39 is 0 Å². The molecule has 1 aromatic carbocycles. The van der Waals surface area contributed by atoms with Crippen molar-refractivity contribution in [2.24, 2.45) is 16.8 Å². The predicted octanol–water partition coefficient (Wildman–Crippen LogP) is 2.17. The number of hydrogen-bond donors (Lipinski definition) is 1. The van der Waals surface area contributed by atoms with E-state index in [1.54, 1.807) is 11.1 Å². The maximum absolute atomic E-state index is 12.8. The number of amides is 1. The average molecular weight is 424 g/mol. The summed E-state index contributed by atoms with van der Waals surface area (Å²) >= 11 is 0. The first-order valence-corrected chi connectivity index (χ1v) is 12.3. The molecule has 4 unspecified atom stereocenters. The Hall–Kier alpha value is -2.08. The summed E-state index contributed by atoms with van der Waals surface area (Å²) in [4.78, 5) is 24.6. The zero-order valence-corrected chi connectivity index (χ0v) is 19.1. The topological polar surface area (TPSA) is 51.2 Å². The van der Waals surface area contributed by atoms with Crippen molar-refractivity contribution in [3.8, 4) is 0 Å². The fourth-order valence-electron chi connectivity index (χ4n) is 6.03. The molecule has 6 nitrogen and oxygen atoms in total. The lowest BCUT2D eigenvalue weighted by molar-refractivity contribution is -0.135. The molecule has 0 aromatic heterocycles. The highest BCUT2D eigenvalue weighted by Gasteiger charge is 2.55. The van der Waals surface area contributed by atoms with E-state index in [2.05, 4.69) is 53.2 Å². The first kappa shape index (κ1) is 20.8. The van der Waals surface area contributed by atoms with Gasteiger partial charge in [0.1, 0.15) is 0 Å². The molecule has 2 heterocycles. The van der Waals surface area contributed by atoms with Crippen molar-refractivity contribution in [2.75, 3.05) is 52.4 Å². The molecule has 4 atom stereocenters. The number of fused-ring (bicyclic) bond motifs is 3. The molecule has 0 bridgehead atoms. The summed E-state index contributed by atoms with van der Waals surface area (Å²) in [6.45, 7) is 11.6. The summed E-state index contributed by atoms with van der Waals surface area (Å²) in [5.41, 5.74) is 3.13. The standard InChI is InChI=1S/C25H37N5O/c1-3-26-25(27-17-22-21-16-19-8-4-5-9-20(19)23(21)22)30-14-12-28(13-15-30)18(2)24(31)29-10-6-7-11-29/h4-5,8-9,18,21-23H,3,6-7,10-17H2,1-2H3,(H,26,27). The molecule has 1 aromatic rings. The van der Waals surface area contributed by atoms with E-state index in [-0.39, 0.29) is 6.04 Å². The van der Waals surface area contributed by atoms with Gasteiger partial charge in [-0.2, -0.15) is 0 Å². The maximum atomic E-state index is 12.8. The minimum atomic E-state index is -0.00863. The van der Waals surface area contributed by atoms with Crippen LogP contribution < -0.4 is 5.32 Å². The van der Waals surface area contributed by atoms with Gasteiger partial charge in [0.15, 0.2) is 5.96 Å².